The number of aromatic nitrogens is 1. The van der Waals surface area contributed by atoms with Crippen molar-refractivity contribution in [2.45, 2.75) is 13.3 Å². The van der Waals surface area contributed by atoms with Crippen molar-refractivity contribution in [2.24, 2.45) is 0 Å². The highest BCUT2D eigenvalue weighted by Gasteiger charge is 2.13. The Kier molecular flexibility index (Phi) is 3.51. The molecule has 1 heterocycles. The predicted octanol–water partition coefficient (Wildman–Crippen LogP) is 3.64. The molecule has 0 unspecified atom stereocenters. The second-order valence-electron chi connectivity index (χ2n) is 3.46. The number of aryl methyl sites for hydroxylation is 1. The van der Waals surface area contributed by atoms with E-state index < -0.39 is 0 Å². The maximum Gasteiger partial charge on any atom is 0.179 e. The second kappa shape index (κ2) is 4.89. The summed E-state index contributed by atoms with van der Waals surface area (Å²) in [6, 6.07) is 7.78. The van der Waals surface area contributed by atoms with Crippen LogP contribution in [0.25, 0.3) is 0 Å². The third kappa shape index (κ3) is 2.39. The SMILES string of the molecule is Cc1ncsc1C(=O)Cc1ccccc1Br. The molecular weight excluding hydrogens is 286 g/mol. The lowest BCUT2D eigenvalue weighted by Crippen LogP contribution is -2.03. The van der Waals surface area contributed by atoms with Gasteiger partial charge in [-0.15, -0.1) is 11.3 Å². The van der Waals surface area contributed by atoms with Crippen molar-refractivity contribution in [1.82, 2.24) is 4.98 Å². The van der Waals surface area contributed by atoms with Crippen molar-refractivity contribution in [3.8, 4) is 0 Å². The average molecular weight is 296 g/mol. The monoisotopic (exact) mass is 295 g/mol. The fourth-order valence-electron chi connectivity index (χ4n) is 1.46. The third-order valence-corrected chi connectivity index (χ3v) is 4.05. The summed E-state index contributed by atoms with van der Waals surface area (Å²) in [4.78, 5) is 16.8. The predicted molar refractivity (Wildman–Crippen MR) is 69.0 cm³/mol. The number of halogens is 1. The minimum atomic E-state index is 0.131. The van der Waals surface area contributed by atoms with Gasteiger partial charge in [0, 0.05) is 10.9 Å². The van der Waals surface area contributed by atoms with Crippen molar-refractivity contribution < 1.29 is 4.79 Å². The van der Waals surface area contributed by atoms with Crippen molar-refractivity contribution >= 4 is 33.0 Å². The zero-order valence-electron chi connectivity index (χ0n) is 8.74. The molecule has 0 bridgehead atoms. The highest BCUT2D eigenvalue weighted by molar-refractivity contribution is 9.10. The summed E-state index contributed by atoms with van der Waals surface area (Å²) in [6.45, 7) is 1.86. The van der Waals surface area contributed by atoms with Crippen LogP contribution in [0.15, 0.2) is 34.2 Å². The molecule has 0 fully saturated rings. The quantitative estimate of drug-likeness (QED) is 0.809. The Morgan fingerprint density at radius 2 is 2.19 bits per heavy atom. The van der Waals surface area contributed by atoms with Gasteiger partial charge in [-0.05, 0) is 18.6 Å². The number of nitrogens with zero attached hydrogens (tertiary/aromatic N) is 1. The standard InChI is InChI=1S/C12H10BrNOS/c1-8-12(16-7-14-8)11(15)6-9-4-2-3-5-10(9)13/h2-5,7H,6H2,1H3. The molecule has 0 aliphatic rings. The normalized spacial score (nSPS) is 10.4. The molecule has 2 aromatic rings. The van der Waals surface area contributed by atoms with E-state index in [-0.39, 0.29) is 5.78 Å². The van der Waals surface area contributed by atoms with Gasteiger partial charge in [-0.1, -0.05) is 34.1 Å². The number of thiazole rings is 1. The van der Waals surface area contributed by atoms with Gasteiger partial charge in [0.15, 0.2) is 5.78 Å². The maximum absolute atomic E-state index is 12.0. The molecule has 16 heavy (non-hydrogen) atoms. The Hall–Kier alpha value is -1.000. The van der Waals surface area contributed by atoms with Crippen LogP contribution in [0.2, 0.25) is 0 Å². The zero-order chi connectivity index (χ0) is 11.5. The van der Waals surface area contributed by atoms with Gasteiger partial charge in [0.25, 0.3) is 0 Å². The van der Waals surface area contributed by atoms with Gasteiger partial charge in [-0.25, -0.2) is 4.98 Å². The summed E-state index contributed by atoms with van der Waals surface area (Å²) >= 11 is 4.85. The molecule has 0 amide bonds. The van der Waals surface area contributed by atoms with Crippen LogP contribution in [0.4, 0.5) is 0 Å². The highest BCUT2D eigenvalue weighted by atomic mass is 79.9. The summed E-state index contributed by atoms with van der Waals surface area (Å²) in [7, 11) is 0. The van der Waals surface area contributed by atoms with Gasteiger partial charge in [0.05, 0.1) is 16.1 Å². The lowest BCUT2D eigenvalue weighted by Gasteiger charge is -2.02. The lowest BCUT2D eigenvalue weighted by atomic mass is 10.1. The molecule has 0 saturated heterocycles. The number of Topliss-reactive ketones (excluding diaryl/α,β-unsaturated/α-hetero) is 1. The fourth-order valence-corrected chi connectivity index (χ4v) is 2.63. The summed E-state index contributed by atoms with van der Waals surface area (Å²) in [6.07, 6.45) is 0.421. The van der Waals surface area contributed by atoms with Gasteiger partial charge in [0.2, 0.25) is 0 Å². The molecule has 0 radical (unpaired) electrons. The Balaban J connectivity index is 2.21. The first-order valence-electron chi connectivity index (χ1n) is 4.85. The number of hydrogen-bond acceptors (Lipinski definition) is 3. The minimum Gasteiger partial charge on any atom is -0.293 e. The topological polar surface area (TPSA) is 30.0 Å². The number of ketones is 1. The molecule has 2 rings (SSSR count). The zero-order valence-corrected chi connectivity index (χ0v) is 11.1. The minimum absolute atomic E-state index is 0.131. The second-order valence-corrected chi connectivity index (χ2v) is 5.17. The van der Waals surface area contributed by atoms with E-state index >= 15 is 0 Å². The summed E-state index contributed by atoms with van der Waals surface area (Å²) in [5, 5.41) is 0. The maximum atomic E-state index is 12.0. The largest absolute Gasteiger partial charge is 0.293 e. The van der Waals surface area contributed by atoms with Crippen LogP contribution in [0.1, 0.15) is 20.9 Å². The van der Waals surface area contributed by atoms with Crippen molar-refractivity contribution in [3.63, 3.8) is 0 Å². The summed E-state index contributed by atoms with van der Waals surface area (Å²) in [5.41, 5.74) is 3.55. The molecule has 2 nitrogen and oxygen atoms in total. The summed E-state index contributed by atoms with van der Waals surface area (Å²) < 4.78 is 0.977. The Labute approximate surface area is 106 Å². The summed E-state index contributed by atoms with van der Waals surface area (Å²) in [5.74, 6) is 0.131. The first-order valence-corrected chi connectivity index (χ1v) is 6.52. The molecule has 0 spiro atoms. The lowest BCUT2D eigenvalue weighted by molar-refractivity contribution is 0.0996. The van der Waals surface area contributed by atoms with Gasteiger partial charge >= 0.3 is 0 Å². The smallest absolute Gasteiger partial charge is 0.179 e. The van der Waals surface area contributed by atoms with Crippen LogP contribution in [0.3, 0.4) is 0 Å². The molecular formula is C12H10BrNOS. The molecule has 0 aliphatic heterocycles. The molecule has 0 atom stereocenters. The van der Waals surface area contributed by atoms with E-state index in [1.165, 1.54) is 11.3 Å². The van der Waals surface area contributed by atoms with Crippen LogP contribution in [0.5, 0.6) is 0 Å². The molecule has 0 aliphatic carbocycles. The van der Waals surface area contributed by atoms with E-state index in [1.54, 1.807) is 5.51 Å². The van der Waals surface area contributed by atoms with Crippen molar-refractivity contribution in [2.75, 3.05) is 0 Å². The van der Waals surface area contributed by atoms with Gasteiger partial charge in [-0.3, -0.25) is 4.79 Å². The Morgan fingerprint density at radius 1 is 1.44 bits per heavy atom. The van der Waals surface area contributed by atoms with Crippen LogP contribution in [-0.4, -0.2) is 10.8 Å². The van der Waals surface area contributed by atoms with Crippen LogP contribution >= 0.6 is 27.3 Å². The molecule has 1 aromatic heterocycles. The van der Waals surface area contributed by atoms with Crippen molar-refractivity contribution in [1.29, 1.82) is 0 Å². The van der Waals surface area contributed by atoms with Gasteiger partial charge in [0.1, 0.15) is 0 Å². The van der Waals surface area contributed by atoms with Gasteiger partial charge < -0.3 is 0 Å². The molecule has 82 valence electrons. The highest BCUT2D eigenvalue weighted by Crippen LogP contribution is 2.20. The van der Waals surface area contributed by atoms with E-state index in [0.717, 1.165) is 20.6 Å². The molecule has 1 aromatic carbocycles. The van der Waals surface area contributed by atoms with E-state index in [4.69, 9.17) is 0 Å². The molecule has 0 N–H and O–H groups in total. The first kappa shape index (κ1) is 11.5. The fraction of sp³-hybridized carbons (Fsp3) is 0.167. The average Bonchev–Trinajstić information content (AvgIpc) is 2.68. The number of carbonyl (C=O) groups is 1. The van der Waals surface area contributed by atoms with Crippen LogP contribution < -0.4 is 0 Å². The number of hydrogen-bond donors (Lipinski definition) is 0. The number of benzene rings is 1. The third-order valence-electron chi connectivity index (χ3n) is 2.31. The van der Waals surface area contributed by atoms with Crippen LogP contribution in [0, 0.1) is 6.92 Å². The molecule has 4 heteroatoms. The van der Waals surface area contributed by atoms with E-state index in [1.807, 2.05) is 31.2 Å². The van der Waals surface area contributed by atoms with E-state index in [2.05, 4.69) is 20.9 Å². The Bertz CT molecular complexity index is 521. The first-order chi connectivity index (χ1) is 7.68. The van der Waals surface area contributed by atoms with Crippen LogP contribution in [-0.2, 0) is 6.42 Å². The Morgan fingerprint density at radius 3 is 2.81 bits per heavy atom. The van der Waals surface area contributed by atoms with E-state index in [0.29, 0.717) is 6.42 Å². The molecule has 0 saturated carbocycles. The number of carbonyl (C=O) groups excluding carboxylic acids is 1. The van der Waals surface area contributed by atoms with Crippen molar-refractivity contribution in [3.05, 3.63) is 50.4 Å². The van der Waals surface area contributed by atoms with Gasteiger partial charge in [-0.2, -0.15) is 0 Å². The number of rotatable bonds is 3. The van der Waals surface area contributed by atoms with E-state index in [9.17, 15) is 4.79 Å².